The molecule has 0 aliphatic heterocycles. The first-order valence-corrected chi connectivity index (χ1v) is 8.44. The Balaban J connectivity index is 1.79. The predicted octanol–water partition coefficient (Wildman–Crippen LogP) is 2.61. The van der Waals surface area contributed by atoms with Crippen molar-refractivity contribution < 1.29 is 14.8 Å². The Bertz CT molecular complexity index is 787. The number of nitro benzene ring substituents is 1. The zero-order chi connectivity index (χ0) is 17.3. The Morgan fingerprint density at radius 2 is 2.29 bits per heavy atom. The third-order valence-electron chi connectivity index (χ3n) is 4.25. The molecule has 0 radical (unpaired) electrons. The number of aromatic nitrogens is 1. The monoisotopic (exact) mass is 347 g/mol. The number of rotatable bonds is 6. The Kier molecular flexibility index (Phi) is 4.33. The first-order valence-electron chi connectivity index (χ1n) is 7.56. The first kappa shape index (κ1) is 16.5. The number of non-ortho nitro benzene ring substituents is 1. The summed E-state index contributed by atoms with van der Waals surface area (Å²) in [6, 6.07) is 6.15. The van der Waals surface area contributed by atoms with Gasteiger partial charge in [-0.05, 0) is 25.7 Å². The number of thiazole rings is 1. The average Bonchev–Trinajstić information content (AvgIpc) is 3.32. The van der Waals surface area contributed by atoms with Crippen molar-refractivity contribution in [2.45, 2.75) is 25.3 Å². The summed E-state index contributed by atoms with van der Waals surface area (Å²) in [4.78, 5) is 27.1. The van der Waals surface area contributed by atoms with Crippen LogP contribution in [0.15, 0.2) is 29.6 Å². The van der Waals surface area contributed by atoms with Crippen molar-refractivity contribution in [3.05, 3.63) is 45.5 Å². The number of carbonyl (C=O) groups is 1. The molecule has 1 aliphatic rings. The van der Waals surface area contributed by atoms with Crippen LogP contribution in [0.2, 0.25) is 0 Å². The molecule has 1 fully saturated rings. The van der Waals surface area contributed by atoms with E-state index in [1.165, 1.54) is 23.5 Å². The molecule has 24 heavy (non-hydrogen) atoms. The number of benzene rings is 1. The number of aliphatic hydroxyl groups is 1. The fourth-order valence-corrected chi connectivity index (χ4v) is 3.37. The van der Waals surface area contributed by atoms with Crippen molar-refractivity contribution in [3.63, 3.8) is 0 Å². The zero-order valence-electron chi connectivity index (χ0n) is 13.1. The Hall–Kier alpha value is -2.32. The summed E-state index contributed by atoms with van der Waals surface area (Å²) in [5.41, 5.74) is 0.198. The van der Waals surface area contributed by atoms with E-state index in [0.717, 1.165) is 12.8 Å². The van der Waals surface area contributed by atoms with E-state index in [2.05, 4.69) is 10.3 Å². The molecule has 1 unspecified atom stereocenters. The van der Waals surface area contributed by atoms with Crippen molar-refractivity contribution in [3.8, 4) is 10.6 Å². The highest BCUT2D eigenvalue weighted by atomic mass is 32.1. The summed E-state index contributed by atoms with van der Waals surface area (Å²) in [5.74, 6) is -0.0484. The van der Waals surface area contributed by atoms with Crippen LogP contribution in [-0.2, 0) is 0 Å². The number of nitro groups is 1. The SMILES string of the molecule is CC(CO)(NC(=O)c1csc(-c2cccc([N+](=O)[O-])c2)n1)C1CC1. The smallest absolute Gasteiger partial charge is 0.271 e. The van der Waals surface area contributed by atoms with Crippen LogP contribution >= 0.6 is 11.3 Å². The molecule has 1 heterocycles. The van der Waals surface area contributed by atoms with Gasteiger partial charge in [0.2, 0.25) is 0 Å². The van der Waals surface area contributed by atoms with Crippen molar-refractivity contribution in [1.82, 2.24) is 10.3 Å². The van der Waals surface area contributed by atoms with E-state index in [1.54, 1.807) is 17.5 Å². The molecule has 0 spiro atoms. The van der Waals surface area contributed by atoms with Gasteiger partial charge in [-0.1, -0.05) is 12.1 Å². The molecule has 0 saturated heterocycles. The maximum absolute atomic E-state index is 12.4. The second kappa shape index (κ2) is 6.29. The van der Waals surface area contributed by atoms with E-state index in [1.807, 2.05) is 6.92 Å². The van der Waals surface area contributed by atoms with E-state index in [-0.39, 0.29) is 23.9 Å². The van der Waals surface area contributed by atoms with Crippen molar-refractivity contribution >= 4 is 22.9 Å². The summed E-state index contributed by atoms with van der Waals surface area (Å²) < 4.78 is 0. The van der Waals surface area contributed by atoms with Gasteiger partial charge in [0.25, 0.3) is 11.6 Å². The van der Waals surface area contributed by atoms with Crippen molar-refractivity contribution in [1.29, 1.82) is 0 Å². The highest BCUT2D eigenvalue weighted by molar-refractivity contribution is 7.13. The maximum Gasteiger partial charge on any atom is 0.271 e. The molecule has 1 saturated carbocycles. The standard InChI is InChI=1S/C16H17N3O4S/c1-16(9-20,11-5-6-11)18-14(21)13-8-24-15(17-13)10-3-2-4-12(7-10)19(22)23/h2-4,7-8,11,20H,5-6,9H2,1H3,(H,18,21). The van der Waals surface area contributed by atoms with Gasteiger partial charge in [-0.15, -0.1) is 11.3 Å². The molecule has 0 bridgehead atoms. The molecule has 1 aromatic heterocycles. The van der Waals surface area contributed by atoms with Crippen LogP contribution in [0.3, 0.4) is 0 Å². The first-order chi connectivity index (χ1) is 11.4. The molecule has 7 nitrogen and oxygen atoms in total. The molecule has 8 heteroatoms. The lowest BCUT2D eigenvalue weighted by Gasteiger charge is -2.28. The Labute approximate surface area is 142 Å². The van der Waals surface area contributed by atoms with Crippen LogP contribution in [0, 0.1) is 16.0 Å². The second-order valence-corrected chi connectivity index (χ2v) is 7.01. The average molecular weight is 347 g/mol. The number of hydrogen-bond acceptors (Lipinski definition) is 6. The van der Waals surface area contributed by atoms with Crippen molar-refractivity contribution in [2.24, 2.45) is 5.92 Å². The largest absolute Gasteiger partial charge is 0.394 e. The number of nitrogens with zero attached hydrogens (tertiary/aromatic N) is 2. The molecule has 126 valence electrons. The van der Waals surface area contributed by atoms with E-state index < -0.39 is 10.5 Å². The lowest BCUT2D eigenvalue weighted by molar-refractivity contribution is -0.384. The van der Waals surface area contributed by atoms with Crippen LogP contribution in [0.25, 0.3) is 10.6 Å². The lowest BCUT2D eigenvalue weighted by atomic mass is 9.97. The molecule has 1 amide bonds. The quantitative estimate of drug-likeness (QED) is 0.617. The molecule has 3 rings (SSSR count). The zero-order valence-corrected chi connectivity index (χ0v) is 13.9. The van der Waals surface area contributed by atoms with E-state index in [0.29, 0.717) is 16.5 Å². The predicted molar refractivity (Wildman–Crippen MR) is 89.9 cm³/mol. The number of carbonyl (C=O) groups excluding carboxylic acids is 1. The normalized spacial score (nSPS) is 16.4. The third-order valence-corrected chi connectivity index (χ3v) is 5.14. The van der Waals surface area contributed by atoms with E-state index >= 15 is 0 Å². The van der Waals surface area contributed by atoms with Gasteiger partial charge in [-0.25, -0.2) is 4.98 Å². The second-order valence-electron chi connectivity index (χ2n) is 6.15. The highest BCUT2D eigenvalue weighted by Gasteiger charge is 2.42. The lowest BCUT2D eigenvalue weighted by Crippen LogP contribution is -2.50. The van der Waals surface area contributed by atoms with Crippen LogP contribution in [0.1, 0.15) is 30.3 Å². The van der Waals surface area contributed by atoms with Gasteiger partial charge in [0.05, 0.1) is 17.1 Å². The number of hydrogen-bond donors (Lipinski definition) is 2. The maximum atomic E-state index is 12.4. The van der Waals surface area contributed by atoms with Crippen LogP contribution in [0.4, 0.5) is 5.69 Å². The molecule has 2 N–H and O–H groups in total. The van der Waals surface area contributed by atoms with Crippen LogP contribution in [-0.4, -0.2) is 33.1 Å². The molecule has 2 aromatic rings. The van der Waals surface area contributed by atoms with Gasteiger partial charge in [0.15, 0.2) is 0 Å². The molecule has 1 aromatic carbocycles. The van der Waals surface area contributed by atoms with Gasteiger partial charge in [-0.2, -0.15) is 0 Å². The minimum Gasteiger partial charge on any atom is -0.394 e. The molecular formula is C16H17N3O4S. The summed E-state index contributed by atoms with van der Waals surface area (Å²) >= 11 is 1.25. The Morgan fingerprint density at radius 1 is 1.54 bits per heavy atom. The van der Waals surface area contributed by atoms with E-state index in [4.69, 9.17) is 0 Å². The van der Waals surface area contributed by atoms with Gasteiger partial charge in [0.1, 0.15) is 10.7 Å². The molecular weight excluding hydrogens is 330 g/mol. The summed E-state index contributed by atoms with van der Waals surface area (Å²) in [6.07, 6.45) is 1.99. The van der Waals surface area contributed by atoms with E-state index in [9.17, 15) is 20.0 Å². The summed E-state index contributed by atoms with van der Waals surface area (Å²) in [5, 5.41) is 25.4. The third kappa shape index (κ3) is 3.29. The Morgan fingerprint density at radius 3 is 2.92 bits per heavy atom. The minimum atomic E-state index is -0.633. The number of aliphatic hydroxyl groups excluding tert-OH is 1. The van der Waals surface area contributed by atoms with Gasteiger partial charge >= 0.3 is 0 Å². The van der Waals surface area contributed by atoms with Gasteiger partial charge in [-0.3, -0.25) is 14.9 Å². The van der Waals surface area contributed by atoms with Crippen molar-refractivity contribution in [2.75, 3.05) is 6.61 Å². The van der Waals surface area contributed by atoms with Crippen LogP contribution in [0.5, 0.6) is 0 Å². The molecule has 1 aliphatic carbocycles. The minimum absolute atomic E-state index is 0.0182. The molecule has 1 atom stereocenters. The number of nitrogens with one attached hydrogen (secondary N) is 1. The van der Waals surface area contributed by atoms with Crippen LogP contribution < -0.4 is 5.32 Å². The fourth-order valence-electron chi connectivity index (χ4n) is 2.58. The summed E-state index contributed by atoms with van der Waals surface area (Å²) in [7, 11) is 0. The fraction of sp³-hybridized carbons (Fsp3) is 0.375. The summed E-state index contributed by atoms with van der Waals surface area (Å²) in [6.45, 7) is 1.71. The van der Waals surface area contributed by atoms with Gasteiger partial charge in [0, 0.05) is 23.1 Å². The highest BCUT2D eigenvalue weighted by Crippen LogP contribution is 2.39. The van der Waals surface area contributed by atoms with Gasteiger partial charge < -0.3 is 10.4 Å². The number of amides is 1. The topological polar surface area (TPSA) is 105 Å².